The second-order valence-corrected chi connectivity index (χ2v) is 6.02. The topological polar surface area (TPSA) is 92.6 Å². The standard InChI is InChI=1S/C15H19N5O3/c21-13(19-5-7-23-8-6-19)9-12-17-15-16-11-4-2-1-3-10(11)14(22)20(15)18-12/h1-9H2,(H,16,17,18). The molecule has 1 N–H and O–H groups in total. The monoisotopic (exact) mass is 317 g/mol. The van der Waals surface area contributed by atoms with Crippen molar-refractivity contribution in [1.29, 1.82) is 0 Å². The van der Waals surface area contributed by atoms with Gasteiger partial charge in [0.2, 0.25) is 5.91 Å². The number of H-pyrrole nitrogens is 1. The number of amides is 1. The van der Waals surface area contributed by atoms with Gasteiger partial charge in [-0.2, -0.15) is 9.50 Å². The van der Waals surface area contributed by atoms with Crippen LogP contribution in [-0.2, 0) is 28.8 Å². The fourth-order valence-corrected chi connectivity index (χ4v) is 3.24. The highest BCUT2D eigenvalue weighted by Gasteiger charge is 2.21. The summed E-state index contributed by atoms with van der Waals surface area (Å²) in [4.78, 5) is 35.4. The van der Waals surface area contributed by atoms with Crippen LogP contribution in [0.15, 0.2) is 4.79 Å². The van der Waals surface area contributed by atoms with Crippen molar-refractivity contribution in [2.75, 3.05) is 26.3 Å². The lowest BCUT2D eigenvalue weighted by atomic mass is 9.97. The number of nitrogens with zero attached hydrogens (tertiary/aromatic N) is 4. The zero-order chi connectivity index (χ0) is 15.8. The summed E-state index contributed by atoms with van der Waals surface area (Å²) in [5.41, 5.74) is 1.56. The zero-order valence-electron chi connectivity index (χ0n) is 12.9. The van der Waals surface area contributed by atoms with Crippen LogP contribution in [0.2, 0.25) is 0 Å². The van der Waals surface area contributed by atoms with E-state index in [-0.39, 0.29) is 17.9 Å². The summed E-state index contributed by atoms with van der Waals surface area (Å²) in [5.74, 6) is 0.832. The van der Waals surface area contributed by atoms with Gasteiger partial charge in [0.1, 0.15) is 5.82 Å². The van der Waals surface area contributed by atoms with Gasteiger partial charge >= 0.3 is 0 Å². The van der Waals surface area contributed by atoms with Crippen molar-refractivity contribution in [2.45, 2.75) is 32.1 Å². The third-order valence-electron chi connectivity index (χ3n) is 4.49. The van der Waals surface area contributed by atoms with Crippen LogP contribution in [-0.4, -0.2) is 56.7 Å². The van der Waals surface area contributed by atoms with Crippen molar-refractivity contribution in [2.24, 2.45) is 0 Å². The van der Waals surface area contributed by atoms with E-state index < -0.39 is 0 Å². The molecule has 2 aliphatic rings. The number of aromatic amines is 1. The number of hydrogen-bond acceptors (Lipinski definition) is 5. The highest BCUT2D eigenvalue weighted by Crippen LogP contribution is 2.16. The molecule has 0 unspecified atom stereocenters. The molecule has 0 saturated carbocycles. The average Bonchev–Trinajstić information content (AvgIpc) is 2.98. The van der Waals surface area contributed by atoms with Gasteiger partial charge in [0.25, 0.3) is 11.3 Å². The average molecular weight is 317 g/mol. The second kappa shape index (κ2) is 5.77. The largest absolute Gasteiger partial charge is 0.378 e. The van der Waals surface area contributed by atoms with Gasteiger partial charge in [-0.15, -0.1) is 0 Å². The number of nitrogens with one attached hydrogen (secondary N) is 1. The van der Waals surface area contributed by atoms with Gasteiger partial charge in [0.15, 0.2) is 0 Å². The van der Waals surface area contributed by atoms with Gasteiger partial charge in [0, 0.05) is 18.7 Å². The number of rotatable bonds is 2. The SMILES string of the molecule is O=C(Cc1nc2nc3c(c(=O)n2[nH]1)CCCC3)N1CCOCC1. The Morgan fingerprint density at radius 2 is 1.96 bits per heavy atom. The number of aryl methyl sites for hydroxylation is 1. The Hall–Kier alpha value is -2.22. The smallest absolute Gasteiger partial charge is 0.277 e. The first-order valence-electron chi connectivity index (χ1n) is 8.07. The molecule has 1 aliphatic carbocycles. The van der Waals surface area contributed by atoms with Gasteiger partial charge in [-0.05, 0) is 25.7 Å². The molecule has 0 atom stereocenters. The van der Waals surface area contributed by atoms with E-state index in [0.29, 0.717) is 37.9 Å². The number of carbonyl (C=O) groups excluding carboxylic acids is 1. The second-order valence-electron chi connectivity index (χ2n) is 6.02. The van der Waals surface area contributed by atoms with Crippen molar-refractivity contribution < 1.29 is 9.53 Å². The molecule has 3 heterocycles. The Kier molecular flexibility index (Phi) is 3.60. The van der Waals surface area contributed by atoms with Crippen molar-refractivity contribution >= 4 is 11.7 Å². The minimum absolute atomic E-state index is 0.00910. The van der Waals surface area contributed by atoms with Crippen molar-refractivity contribution in [3.8, 4) is 0 Å². The van der Waals surface area contributed by atoms with Crippen LogP contribution in [0.3, 0.4) is 0 Å². The molecule has 4 rings (SSSR count). The molecule has 1 saturated heterocycles. The lowest BCUT2D eigenvalue weighted by Crippen LogP contribution is -2.41. The fourth-order valence-electron chi connectivity index (χ4n) is 3.24. The van der Waals surface area contributed by atoms with E-state index in [1.54, 1.807) is 4.90 Å². The van der Waals surface area contributed by atoms with Gasteiger partial charge in [-0.3, -0.25) is 14.7 Å². The van der Waals surface area contributed by atoms with Crippen LogP contribution < -0.4 is 5.56 Å². The van der Waals surface area contributed by atoms with Crippen LogP contribution in [0, 0.1) is 0 Å². The Bertz CT molecular complexity index is 803. The number of hydrogen-bond donors (Lipinski definition) is 1. The molecule has 8 nitrogen and oxygen atoms in total. The molecule has 1 amide bonds. The Balaban J connectivity index is 1.62. The van der Waals surface area contributed by atoms with Crippen molar-refractivity contribution in [3.63, 3.8) is 0 Å². The van der Waals surface area contributed by atoms with Crippen molar-refractivity contribution in [3.05, 3.63) is 27.4 Å². The van der Waals surface area contributed by atoms with Crippen molar-refractivity contribution in [1.82, 2.24) is 24.5 Å². The van der Waals surface area contributed by atoms with Crippen LogP contribution >= 0.6 is 0 Å². The Morgan fingerprint density at radius 1 is 1.17 bits per heavy atom. The van der Waals surface area contributed by atoms with Crippen LogP contribution in [0.25, 0.3) is 5.78 Å². The van der Waals surface area contributed by atoms with E-state index in [2.05, 4.69) is 15.1 Å². The lowest BCUT2D eigenvalue weighted by Gasteiger charge is -2.26. The molecule has 0 radical (unpaired) electrons. The van der Waals surface area contributed by atoms with Crippen LogP contribution in [0.5, 0.6) is 0 Å². The maximum atomic E-state index is 12.5. The Morgan fingerprint density at radius 3 is 2.78 bits per heavy atom. The molecule has 8 heteroatoms. The maximum absolute atomic E-state index is 12.5. The van der Waals surface area contributed by atoms with Gasteiger partial charge < -0.3 is 9.64 Å². The number of carbonyl (C=O) groups is 1. The molecule has 1 aliphatic heterocycles. The minimum Gasteiger partial charge on any atom is -0.378 e. The summed E-state index contributed by atoms with van der Waals surface area (Å²) in [7, 11) is 0. The lowest BCUT2D eigenvalue weighted by molar-refractivity contribution is -0.134. The minimum atomic E-state index is -0.0812. The van der Waals surface area contributed by atoms with Gasteiger partial charge in [-0.25, -0.2) is 4.98 Å². The van der Waals surface area contributed by atoms with Gasteiger partial charge in [-0.1, -0.05) is 0 Å². The summed E-state index contributed by atoms with van der Waals surface area (Å²) in [5, 5.41) is 2.94. The van der Waals surface area contributed by atoms with Crippen LogP contribution in [0.4, 0.5) is 0 Å². The summed E-state index contributed by atoms with van der Waals surface area (Å²) in [6, 6.07) is 0. The highest BCUT2D eigenvalue weighted by atomic mass is 16.5. The quantitative estimate of drug-likeness (QED) is 0.821. The first kappa shape index (κ1) is 14.4. The van der Waals surface area contributed by atoms with Gasteiger partial charge in [0.05, 0.1) is 25.3 Å². The molecular formula is C15H19N5O3. The van der Waals surface area contributed by atoms with Crippen LogP contribution in [0.1, 0.15) is 29.9 Å². The molecule has 122 valence electrons. The predicted octanol–water partition coefficient (Wildman–Crippen LogP) is -0.302. The third-order valence-corrected chi connectivity index (χ3v) is 4.49. The summed E-state index contributed by atoms with van der Waals surface area (Å²) < 4.78 is 6.62. The molecule has 2 aromatic rings. The molecule has 0 spiro atoms. The molecule has 0 bridgehead atoms. The van der Waals surface area contributed by atoms with E-state index in [1.807, 2.05) is 0 Å². The maximum Gasteiger partial charge on any atom is 0.277 e. The first-order chi connectivity index (χ1) is 11.2. The molecule has 23 heavy (non-hydrogen) atoms. The Labute approximate surface area is 132 Å². The molecule has 0 aromatic carbocycles. The van der Waals surface area contributed by atoms with E-state index in [0.717, 1.165) is 36.9 Å². The summed E-state index contributed by atoms with van der Waals surface area (Å²) >= 11 is 0. The number of fused-ring (bicyclic) bond motifs is 2. The summed E-state index contributed by atoms with van der Waals surface area (Å²) in [6.07, 6.45) is 3.82. The normalized spacial score (nSPS) is 18.2. The highest BCUT2D eigenvalue weighted by molar-refractivity contribution is 5.78. The fraction of sp³-hybridized carbons (Fsp3) is 0.600. The first-order valence-corrected chi connectivity index (χ1v) is 8.07. The predicted molar refractivity (Wildman–Crippen MR) is 81.4 cm³/mol. The molecular weight excluding hydrogens is 298 g/mol. The van der Waals surface area contributed by atoms with E-state index in [4.69, 9.17) is 4.74 Å². The zero-order valence-corrected chi connectivity index (χ0v) is 12.9. The number of ether oxygens (including phenoxy) is 1. The summed E-state index contributed by atoms with van der Waals surface area (Å²) in [6.45, 7) is 2.34. The van der Waals surface area contributed by atoms with E-state index >= 15 is 0 Å². The van der Waals surface area contributed by atoms with E-state index in [1.165, 1.54) is 4.52 Å². The molecule has 1 fully saturated rings. The third kappa shape index (κ3) is 2.63. The van der Waals surface area contributed by atoms with E-state index in [9.17, 15) is 9.59 Å². The number of aromatic nitrogens is 4. The number of morpholine rings is 1. The molecule has 2 aromatic heterocycles.